The average molecular weight is 377 g/mol. The fraction of sp³-hybridized carbons (Fsp3) is 0.263. The number of hydrogen-bond acceptors (Lipinski definition) is 5. The molecule has 2 aromatic rings. The summed E-state index contributed by atoms with van der Waals surface area (Å²) >= 11 is 5.94. The Bertz CT molecular complexity index is 763. The molecule has 0 bridgehead atoms. The molecule has 0 aromatic heterocycles. The van der Waals surface area contributed by atoms with Gasteiger partial charge in [-0.15, -0.1) is 0 Å². The van der Waals surface area contributed by atoms with Gasteiger partial charge in [-0.2, -0.15) is 0 Å². The molecular formula is C19H21ClN2O4. The van der Waals surface area contributed by atoms with Crippen LogP contribution in [0.5, 0.6) is 5.75 Å². The highest BCUT2D eigenvalue weighted by molar-refractivity contribution is 6.31. The average Bonchev–Trinajstić information content (AvgIpc) is 2.62. The van der Waals surface area contributed by atoms with Crippen molar-refractivity contribution in [3.63, 3.8) is 0 Å². The highest BCUT2D eigenvalue weighted by Crippen LogP contribution is 2.27. The molecule has 0 saturated heterocycles. The molecule has 138 valence electrons. The van der Waals surface area contributed by atoms with Gasteiger partial charge in [-0.25, -0.2) is 4.79 Å². The summed E-state index contributed by atoms with van der Waals surface area (Å²) in [5, 5.41) is 6.42. The Labute approximate surface area is 157 Å². The van der Waals surface area contributed by atoms with Crippen molar-refractivity contribution in [3.8, 4) is 5.75 Å². The van der Waals surface area contributed by atoms with Gasteiger partial charge in [0, 0.05) is 23.7 Å². The van der Waals surface area contributed by atoms with E-state index in [1.165, 1.54) is 7.11 Å². The van der Waals surface area contributed by atoms with Crippen LogP contribution in [0.2, 0.25) is 5.02 Å². The largest absolute Gasteiger partial charge is 0.495 e. The number of ether oxygens (including phenoxy) is 2. The van der Waals surface area contributed by atoms with Gasteiger partial charge in [0.25, 0.3) is 0 Å². The molecule has 0 atom stereocenters. The minimum atomic E-state index is -0.353. The van der Waals surface area contributed by atoms with Gasteiger partial charge in [0.15, 0.2) is 0 Å². The van der Waals surface area contributed by atoms with Gasteiger partial charge in [0.05, 0.1) is 25.0 Å². The molecule has 0 radical (unpaired) electrons. The van der Waals surface area contributed by atoms with E-state index in [4.69, 9.17) is 21.1 Å². The Balaban J connectivity index is 1.83. The van der Waals surface area contributed by atoms with E-state index in [1.807, 2.05) is 0 Å². The SMILES string of the molecule is CCOC(=O)c1ccc(NCCC(=O)Nc2cc(Cl)ccc2OC)cc1. The van der Waals surface area contributed by atoms with Crippen molar-refractivity contribution in [1.29, 1.82) is 0 Å². The second-order valence-corrected chi connectivity index (χ2v) is 5.80. The van der Waals surface area contributed by atoms with E-state index in [0.29, 0.717) is 35.2 Å². The quantitative estimate of drug-likeness (QED) is 0.682. The number of carbonyl (C=O) groups is 2. The maximum absolute atomic E-state index is 12.1. The summed E-state index contributed by atoms with van der Waals surface area (Å²) in [6, 6.07) is 11.9. The Morgan fingerprint density at radius 2 is 1.85 bits per heavy atom. The van der Waals surface area contributed by atoms with Crippen molar-refractivity contribution < 1.29 is 19.1 Å². The topological polar surface area (TPSA) is 76.7 Å². The number of amides is 1. The van der Waals surface area contributed by atoms with Crippen LogP contribution in [0, 0.1) is 0 Å². The zero-order valence-electron chi connectivity index (χ0n) is 14.7. The van der Waals surface area contributed by atoms with E-state index in [9.17, 15) is 9.59 Å². The number of esters is 1. The lowest BCUT2D eigenvalue weighted by molar-refractivity contribution is -0.116. The Kier molecular flexibility index (Phi) is 7.29. The van der Waals surface area contributed by atoms with Crippen molar-refractivity contribution in [2.24, 2.45) is 0 Å². The highest BCUT2D eigenvalue weighted by atomic mass is 35.5. The lowest BCUT2D eigenvalue weighted by Gasteiger charge is -2.11. The highest BCUT2D eigenvalue weighted by Gasteiger charge is 2.09. The van der Waals surface area contributed by atoms with Crippen LogP contribution in [0.25, 0.3) is 0 Å². The predicted octanol–water partition coefficient (Wildman–Crippen LogP) is 3.97. The van der Waals surface area contributed by atoms with E-state index < -0.39 is 0 Å². The van der Waals surface area contributed by atoms with Gasteiger partial charge in [0.1, 0.15) is 5.75 Å². The van der Waals surface area contributed by atoms with Gasteiger partial charge in [-0.1, -0.05) is 11.6 Å². The van der Waals surface area contributed by atoms with Crippen LogP contribution in [0.1, 0.15) is 23.7 Å². The lowest BCUT2D eigenvalue weighted by Crippen LogP contribution is -2.16. The number of halogens is 1. The molecule has 0 aliphatic heterocycles. The monoisotopic (exact) mass is 376 g/mol. The molecular weight excluding hydrogens is 356 g/mol. The molecule has 0 aliphatic carbocycles. The Morgan fingerprint density at radius 3 is 2.50 bits per heavy atom. The summed E-state index contributed by atoms with van der Waals surface area (Å²) in [5.74, 6) is 0.0281. The molecule has 26 heavy (non-hydrogen) atoms. The van der Waals surface area contributed by atoms with E-state index >= 15 is 0 Å². The zero-order chi connectivity index (χ0) is 18.9. The second kappa shape index (κ2) is 9.68. The molecule has 1 amide bonds. The number of nitrogens with one attached hydrogen (secondary N) is 2. The number of rotatable bonds is 8. The Morgan fingerprint density at radius 1 is 1.12 bits per heavy atom. The van der Waals surface area contributed by atoms with Crippen molar-refractivity contribution in [2.45, 2.75) is 13.3 Å². The fourth-order valence-corrected chi connectivity index (χ4v) is 2.42. The summed E-state index contributed by atoms with van der Waals surface area (Å²) in [5.41, 5.74) is 1.83. The minimum Gasteiger partial charge on any atom is -0.495 e. The number of methoxy groups -OCH3 is 1. The van der Waals surface area contributed by atoms with Gasteiger partial charge in [-0.05, 0) is 49.4 Å². The van der Waals surface area contributed by atoms with Crippen LogP contribution in [0.15, 0.2) is 42.5 Å². The molecule has 2 rings (SSSR count). The first kappa shape index (κ1) is 19.6. The molecule has 0 unspecified atom stereocenters. The molecule has 2 aromatic carbocycles. The van der Waals surface area contributed by atoms with E-state index in [-0.39, 0.29) is 18.3 Å². The maximum Gasteiger partial charge on any atom is 0.338 e. The van der Waals surface area contributed by atoms with Crippen LogP contribution >= 0.6 is 11.6 Å². The normalized spacial score (nSPS) is 10.1. The zero-order valence-corrected chi connectivity index (χ0v) is 15.4. The van der Waals surface area contributed by atoms with Crippen molar-refractivity contribution in [1.82, 2.24) is 0 Å². The fourth-order valence-electron chi connectivity index (χ4n) is 2.25. The number of benzene rings is 2. The molecule has 7 heteroatoms. The van der Waals surface area contributed by atoms with E-state index in [1.54, 1.807) is 49.4 Å². The summed E-state index contributed by atoms with van der Waals surface area (Å²) < 4.78 is 10.1. The van der Waals surface area contributed by atoms with Crippen LogP contribution in [-0.4, -0.2) is 32.1 Å². The van der Waals surface area contributed by atoms with Gasteiger partial charge in [-0.3, -0.25) is 4.79 Å². The predicted molar refractivity (Wildman–Crippen MR) is 102 cm³/mol. The maximum atomic E-state index is 12.1. The smallest absolute Gasteiger partial charge is 0.338 e. The number of carbonyl (C=O) groups excluding carboxylic acids is 2. The van der Waals surface area contributed by atoms with Crippen LogP contribution in [-0.2, 0) is 9.53 Å². The van der Waals surface area contributed by atoms with Crippen LogP contribution < -0.4 is 15.4 Å². The summed E-state index contributed by atoms with van der Waals surface area (Å²) in [7, 11) is 1.53. The van der Waals surface area contributed by atoms with Gasteiger partial charge < -0.3 is 20.1 Å². The molecule has 0 spiro atoms. The second-order valence-electron chi connectivity index (χ2n) is 5.37. The molecule has 0 fully saturated rings. The summed E-state index contributed by atoms with van der Waals surface area (Å²) in [4.78, 5) is 23.7. The van der Waals surface area contributed by atoms with Crippen molar-refractivity contribution in [3.05, 3.63) is 53.1 Å². The minimum absolute atomic E-state index is 0.166. The van der Waals surface area contributed by atoms with Crippen molar-refractivity contribution >= 4 is 34.9 Å². The first-order valence-electron chi connectivity index (χ1n) is 8.18. The standard InChI is InChI=1S/C19H21ClN2O4/c1-3-26-19(24)13-4-7-15(8-5-13)21-11-10-18(23)22-16-12-14(20)6-9-17(16)25-2/h4-9,12,21H,3,10-11H2,1-2H3,(H,22,23). The summed E-state index contributed by atoms with van der Waals surface area (Å²) in [6.45, 7) is 2.54. The number of hydrogen-bond donors (Lipinski definition) is 2. The summed E-state index contributed by atoms with van der Waals surface area (Å²) in [6.07, 6.45) is 0.259. The first-order chi connectivity index (χ1) is 12.5. The molecule has 0 aliphatic rings. The van der Waals surface area contributed by atoms with Gasteiger partial charge >= 0.3 is 5.97 Å². The first-order valence-corrected chi connectivity index (χ1v) is 8.55. The van der Waals surface area contributed by atoms with Crippen LogP contribution in [0.3, 0.4) is 0 Å². The third-order valence-corrected chi connectivity index (χ3v) is 3.75. The lowest BCUT2D eigenvalue weighted by atomic mass is 10.2. The molecule has 0 heterocycles. The van der Waals surface area contributed by atoms with Crippen LogP contribution in [0.4, 0.5) is 11.4 Å². The third kappa shape index (κ3) is 5.67. The van der Waals surface area contributed by atoms with Gasteiger partial charge in [0.2, 0.25) is 5.91 Å². The van der Waals surface area contributed by atoms with E-state index in [2.05, 4.69) is 10.6 Å². The Hall–Kier alpha value is -2.73. The number of anilines is 2. The van der Waals surface area contributed by atoms with E-state index in [0.717, 1.165) is 5.69 Å². The molecule has 0 saturated carbocycles. The molecule has 6 nitrogen and oxygen atoms in total. The third-order valence-electron chi connectivity index (χ3n) is 3.51. The molecule has 2 N–H and O–H groups in total. The van der Waals surface area contributed by atoms with Crippen molar-refractivity contribution in [2.75, 3.05) is 30.9 Å².